The fourth-order valence-electron chi connectivity index (χ4n) is 4.74. The Morgan fingerprint density at radius 3 is 2.21 bits per heavy atom. The van der Waals surface area contributed by atoms with Gasteiger partial charge in [-0.2, -0.15) is 0 Å². The molecule has 146 valence electrons. The van der Waals surface area contributed by atoms with Crippen molar-refractivity contribution in [3.63, 3.8) is 0 Å². The Hall–Kier alpha value is -2.54. The van der Waals surface area contributed by atoms with Crippen LogP contribution in [0.3, 0.4) is 0 Å². The van der Waals surface area contributed by atoms with Crippen molar-refractivity contribution < 1.29 is 0 Å². The molecule has 1 aliphatic heterocycles. The number of rotatable bonds is 3. The van der Waals surface area contributed by atoms with Crippen LogP contribution in [0.4, 0.5) is 11.4 Å². The lowest BCUT2D eigenvalue weighted by Crippen LogP contribution is -2.50. The first kappa shape index (κ1) is 19.8. The first-order valence-electron chi connectivity index (χ1n) is 9.78. The van der Waals surface area contributed by atoms with Crippen LogP contribution in [-0.2, 0) is 0 Å². The Morgan fingerprint density at radius 1 is 0.759 bits per heavy atom. The number of anilines is 2. The fraction of sp³-hybridized carbons (Fsp3) is 0.120. The zero-order chi connectivity index (χ0) is 19.0. The van der Waals surface area contributed by atoms with Crippen LogP contribution >= 0.6 is 19.7 Å². The van der Waals surface area contributed by atoms with Crippen molar-refractivity contribution in [2.75, 3.05) is 17.7 Å². The summed E-state index contributed by atoms with van der Waals surface area (Å²) in [5, 5.41) is 11.6. The predicted octanol–water partition coefficient (Wildman–Crippen LogP) is 4.73. The van der Waals surface area contributed by atoms with Crippen molar-refractivity contribution in [1.29, 1.82) is 0 Å². The maximum atomic E-state index is 3.80. The summed E-state index contributed by atoms with van der Waals surface area (Å²) in [4.78, 5) is 0. The van der Waals surface area contributed by atoms with E-state index in [0.29, 0.717) is 11.7 Å². The van der Waals surface area contributed by atoms with Gasteiger partial charge < -0.3 is 10.6 Å². The van der Waals surface area contributed by atoms with Crippen LogP contribution in [0.1, 0.15) is 0 Å². The Bertz CT molecular complexity index is 1060. The molecule has 1 heterocycles. The van der Waals surface area contributed by atoms with E-state index in [1.165, 1.54) is 27.3 Å². The zero-order valence-corrected chi connectivity index (χ0v) is 18.0. The van der Waals surface area contributed by atoms with Gasteiger partial charge in [0.05, 0.1) is 17.4 Å². The molecule has 0 saturated heterocycles. The summed E-state index contributed by atoms with van der Waals surface area (Å²) >= 11 is 0. The molecule has 0 spiro atoms. The summed E-state index contributed by atoms with van der Waals surface area (Å²) in [5.41, 5.74) is 2.86. The highest BCUT2D eigenvalue weighted by Gasteiger charge is 2.58. The van der Waals surface area contributed by atoms with Crippen molar-refractivity contribution in [2.24, 2.45) is 0 Å². The molecule has 3 aromatic carbocycles. The highest BCUT2D eigenvalue weighted by atomic mass is 35.5. The lowest BCUT2D eigenvalue weighted by Gasteiger charge is -2.43. The van der Waals surface area contributed by atoms with Gasteiger partial charge in [0.2, 0.25) is 0 Å². The molecule has 0 bridgehead atoms. The van der Waals surface area contributed by atoms with Crippen LogP contribution in [0.25, 0.3) is 0 Å². The molecule has 2 nitrogen and oxygen atoms in total. The number of benzene rings is 3. The first-order chi connectivity index (χ1) is 13.9. The van der Waals surface area contributed by atoms with Gasteiger partial charge in [-0.3, -0.25) is 0 Å². The van der Waals surface area contributed by atoms with Crippen molar-refractivity contribution in [3.05, 3.63) is 103 Å². The van der Waals surface area contributed by atoms with Gasteiger partial charge in [0, 0.05) is 7.05 Å². The molecule has 5 rings (SSSR count). The molecular formula is C25H25ClN2P+. The van der Waals surface area contributed by atoms with E-state index in [2.05, 4.69) is 114 Å². The Morgan fingerprint density at radius 2 is 1.41 bits per heavy atom. The van der Waals surface area contributed by atoms with Crippen LogP contribution < -0.4 is 26.5 Å². The van der Waals surface area contributed by atoms with Crippen LogP contribution in [0, 0.1) is 0 Å². The second-order valence-corrected chi connectivity index (χ2v) is 10.8. The van der Waals surface area contributed by atoms with Crippen molar-refractivity contribution in [1.82, 2.24) is 0 Å². The van der Waals surface area contributed by atoms with E-state index < -0.39 is 7.26 Å². The van der Waals surface area contributed by atoms with Gasteiger partial charge in [-0.05, 0) is 42.5 Å². The fourth-order valence-corrected chi connectivity index (χ4v) is 9.92. The summed E-state index contributed by atoms with van der Waals surface area (Å²) in [6.07, 6.45) is 9.13. The molecule has 0 radical (unpaired) electrons. The maximum Gasteiger partial charge on any atom is 0.128 e. The average Bonchev–Trinajstić information content (AvgIpc) is 2.78. The topological polar surface area (TPSA) is 24.1 Å². The minimum absolute atomic E-state index is 0. The van der Waals surface area contributed by atoms with E-state index in [4.69, 9.17) is 0 Å². The van der Waals surface area contributed by atoms with Gasteiger partial charge in [-0.15, -0.1) is 12.4 Å². The van der Waals surface area contributed by atoms with Crippen LogP contribution in [0.5, 0.6) is 0 Å². The monoisotopic (exact) mass is 419 g/mol. The van der Waals surface area contributed by atoms with Crippen LogP contribution in [0.2, 0.25) is 0 Å². The molecule has 0 fully saturated rings. The summed E-state index contributed by atoms with van der Waals surface area (Å²) in [5.74, 6) is 0. The highest BCUT2D eigenvalue weighted by molar-refractivity contribution is 7.97. The summed E-state index contributed by atoms with van der Waals surface area (Å²) < 4.78 is 0. The average molecular weight is 420 g/mol. The molecule has 0 aromatic heterocycles. The van der Waals surface area contributed by atoms with Gasteiger partial charge >= 0.3 is 0 Å². The minimum atomic E-state index is -1.93. The Labute approximate surface area is 179 Å². The smallest absolute Gasteiger partial charge is 0.128 e. The highest BCUT2D eigenvalue weighted by Crippen LogP contribution is 2.65. The number of fused-ring (bicyclic) bond motifs is 2. The molecule has 29 heavy (non-hydrogen) atoms. The lowest BCUT2D eigenvalue weighted by atomic mass is 10.1. The van der Waals surface area contributed by atoms with Gasteiger partial charge in [-0.25, -0.2) is 0 Å². The summed E-state index contributed by atoms with van der Waals surface area (Å²) in [6, 6.07) is 29.2. The lowest BCUT2D eigenvalue weighted by molar-refractivity contribution is 0.882. The van der Waals surface area contributed by atoms with E-state index >= 15 is 0 Å². The largest absolute Gasteiger partial charge is 0.385 e. The second-order valence-electron chi connectivity index (χ2n) is 7.27. The third kappa shape index (κ3) is 2.99. The SMILES string of the molecule is CNc1ccccc1[P+]1(c2ccccc2)c2ccccc2NC2C=CC=CC21.Cl. The number of nitrogens with one attached hydrogen (secondary N) is 2. The quantitative estimate of drug-likeness (QED) is 0.599. The number of hydrogen-bond donors (Lipinski definition) is 2. The molecule has 4 heteroatoms. The molecule has 3 aromatic rings. The second kappa shape index (κ2) is 8.06. The standard InChI is InChI=1S/C25H24N2P.ClH/c1-26-20-13-5-8-16-23(20)28(19-11-3-2-4-12-19)24-17-9-6-14-21(24)27-22-15-7-10-18-25(22)28;/h2-18,21,24,26-27H,1H3;1H/q+1;. The molecule has 1 aliphatic carbocycles. The van der Waals surface area contributed by atoms with E-state index in [1.54, 1.807) is 0 Å². The molecule has 0 amide bonds. The third-order valence-corrected chi connectivity index (χ3v) is 10.7. The summed E-state index contributed by atoms with van der Waals surface area (Å²) in [6.45, 7) is 0. The van der Waals surface area contributed by atoms with Gasteiger partial charge in [-0.1, -0.05) is 60.7 Å². The minimum Gasteiger partial charge on any atom is -0.385 e. The predicted molar refractivity (Wildman–Crippen MR) is 131 cm³/mol. The van der Waals surface area contributed by atoms with Crippen molar-refractivity contribution in [3.8, 4) is 0 Å². The Kier molecular flexibility index (Phi) is 5.50. The van der Waals surface area contributed by atoms with Gasteiger partial charge in [0.1, 0.15) is 28.8 Å². The van der Waals surface area contributed by atoms with E-state index in [9.17, 15) is 0 Å². The van der Waals surface area contributed by atoms with Crippen molar-refractivity contribution in [2.45, 2.75) is 11.7 Å². The molecule has 3 atom stereocenters. The number of hydrogen-bond acceptors (Lipinski definition) is 2. The van der Waals surface area contributed by atoms with Gasteiger partial charge in [0.25, 0.3) is 0 Å². The number of para-hydroxylation sites is 2. The first-order valence-corrected chi connectivity index (χ1v) is 11.6. The van der Waals surface area contributed by atoms with E-state index in [1.807, 2.05) is 7.05 Å². The molecular weight excluding hydrogens is 395 g/mol. The number of halogens is 1. The van der Waals surface area contributed by atoms with E-state index in [0.717, 1.165) is 0 Å². The van der Waals surface area contributed by atoms with Crippen molar-refractivity contribution >= 4 is 47.0 Å². The molecule has 0 saturated carbocycles. The molecule has 2 aliphatic rings. The normalized spacial score (nSPS) is 23.9. The Balaban J connectivity index is 0.00000205. The van der Waals surface area contributed by atoms with Crippen LogP contribution in [0.15, 0.2) is 103 Å². The third-order valence-electron chi connectivity index (χ3n) is 5.88. The van der Waals surface area contributed by atoms with Crippen LogP contribution in [-0.4, -0.2) is 18.7 Å². The maximum absolute atomic E-state index is 3.80. The van der Waals surface area contributed by atoms with E-state index in [-0.39, 0.29) is 12.4 Å². The number of allylic oxidation sites excluding steroid dienone is 2. The summed E-state index contributed by atoms with van der Waals surface area (Å²) in [7, 11) is 0.0966. The van der Waals surface area contributed by atoms with Gasteiger partial charge in [0.15, 0.2) is 0 Å². The molecule has 3 unspecified atom stereocenters. The zero-order valence-electron chi connectivity index (χ0n) is 16.3. The molecule has 2 N–H and O–H groups in total.